The monoisotopic (exact) mass is 1170 g/mol. The molecule has 17 atom stereocenters. The Morgan fingerprint density at radius 2 is 0.940 bits per heavy atom. The third kappa shape index (κ3) is 10.8. The molecule has 84 heavy (non-hydrogen) atoms. The summed E-state index contributed by atoms with van der Waals surface area (Å²) in [4.78, 5) is 46.6. The number of nitrogens with two attached hydrogens (primary N) is 1. The number of phenols is 1. The van der Waals surface area contributed by atoms with E-state index in [2.05, 4.69) is 56.0 Å². The van der Waals surface area contributed by atoms with Crippen LogP contribution >= 0.6 is 12.4 Å². The summed E-state index contributed by atoms with van der Waals surface area (Å²) in [7, 11) is 1.67. The van der Waals surface area contributed by atoms with Crippen LogP contribution in [0.1, 0.15) is 188 Å². The van der Waals surface area contributed by atoms with Gasteiger partial charge in [-0.15, -0.1) is 31.7 Å². The number of benzene rings is 3. The number of ketones is 1. The van der Waals surface area contributed by atoms with E-state index in [4.69, 9.17) is 39.6 Å². The van der Waals surface area contributed by atoms with E-state index in [1.165, 1.54) is 40.3 Å². The zero-order valence-electron chi connectivity index (χ0n) is 49.6. The van der Waals surface area contributed by atoms with Crippen LogP contribution in [0.4, 0.5) is 0 Å². The number of likely N-dealkylation sites (N-methyl/N-ethyl adjacent to an activating group) is 1. The van der Waals surface area contributed by atoms with Crippen LogP contribution in [0.2, 0.25) is 0 Å². The van der Waals surface area contributed by atoms with Gasteiger partial charge in [0.25, 0.3) is 0 Å². The number of fused-ring (bicyclic) bond motifs is 15. The van der Waals surface area contributed by atoms with E-state index in [-0.39, 0.29) is 47.3 Å². The molecule has 0 spiro atoms. The number of hydrogen-bond donors (Lipinski definition) is 7. The van der Waals surface area contributed by atoms with Crippen LogP contribution in [-0.4, -0.2) is 85.2 Å². The Hall–Kier alpha value is -5.69. The fourth-order valence-electron chi connectivity index (χ4n) is 18.8. The normalized spacial score (nSPS) is 36.6. The number of rotatable bonds is 9. The number of halogens is 1. The highest BCUT2D eigenvalue weighted by molar-refractivity contribution is 5.87. The zero-order chi connectivity index (χ0) is 59.6. The number of esters is 2. The molecule has 9 unspecified atom stereocenters. The minimum absolute atomic E-state index is 0. The molecular formula is C70H87ClN2O11. The van der Waals surface area contributed by atoms with E-state index in [9.17, 15) is 39.6 Å². The molecule has 0 aromatic heterocycles. The maximum absolute atomic E-state index is 12.3. The van der Waals surface area contributed by atoms with Crippen LogP contribution in [0.15, 0.2) is 54.6 Å². The average Bonchev–Trinajstić information content (AvgIpc) is 1.79. The molecule has 8 N–H and O–H groups in total. The molecule has 9 aliphatic rings. The number of aromatic hydroxyl groups is 1. The summed E-state index contributed by atoms with van der Waals surface area (Å²) in [5.41, 5.74) is 9.77. The predicted octanol–water partition coefficient (Wildman–Crippen LogP) is 10.0. The van der Waals surface area contributed by atoms with Crippen molar-refractivity contribution in [3.05, 3.63) is 88.0 Å². The van der Waals surface area contributed by atoms with Crippen molar-refractivity contribution in [1.29, 1.82) is 0 Å². The average molecular weight is 1170 g/mol. The van der Waals surface area contributed by atoms with Gasteiger partial charge < -0.3 is 46.1 Å². The molecule has 450 valence electrons. The Balaban J connectivity index is 0.000000152. The van der Waals surface area contributed by atoms with Crippen LogP contribution in [0.3, 0.4) is 0 Å². The van der Waals surface area contributed by atoms with Crippen LogP contribution in [0, 0.1) is 88.8 Å². The number of phenolic OH excluding ortho intramolecular Hbond substituents is 1. The molecule has 13 nitrogen and oxygen atoms in total. The highest BCUT2D eigenvalue weighted by Gasteiger charge is 2.64. The molecule has 0 amide bonds. The number of terminal acetylenes is 3. The van der Waals surface area contributed by atoms with E-state index in [1.54, 1.807) is 13.1 Å². The van der Waals surface area contributed by atoms with E-state index < -0.39 is 46.8 Å². The minimum Gasteiger partial charge on any atom is -0.508 e. The molecule has 0 aliphatic heterocycles. The van der Waals surface area contributed by atoms with Crippen LogP contribution in [0.25, 0.3) is 0 Å². The van der Waals surface area contributed by atoms with Crippen molar-refractivity contribution in [2.75, 3.05) is 7.05 Å². The first-order valence-electron chi connectivity index (χ1n) is 30.6. The van der Waals surface area contributed by atoms with Crippen LogP contribution in [-0.2, 0) is 38.4 Å². The predicted molar refractivity (Wildman–Crippen MR) is 323 cm³/mol. The van der Waals surface area contributed by atoms with Gasteiger partial charge in [-0.2, -0.15) is 0 Å². The second-order valence-corrected chi connectivity index (χ2v) is 27.1. The number of nitrogens with one attached hydrogen (secondary N) is 1. The van der Waals surface area contributed by atoms with Crippen LogP contribution in [0.5, 0.6) is 17.2 Å². The summed E-state index contributed by atoms with van der Waals surface area (Å²) in [6.07, 6.45) is 34.0. The standard InChI is InChI=1S/C26H33NO4.C24H29NO5.C20H24O2.ClH/c1-5-26(30)13-11-22-21-8-6-17-14-18(31-24(29)15-23(27-4)16(2)28)7-9-19(17)20(21)10-12-25(22,26)3;1-3-24(29)11-9-19-18-6-4-14-12-15(30-21(26)13-20(25)22(27)28)5-7-16(14)17(18)8-10-23(19,24)2;1-3-20(22)11-9-18-17-6-4-13-12-14(21)5-7-15(13)16(17)8-10-19(18,20)2;/h1,7,9,14,20-23,27,30H,6,8,10-13,15H2,2-4H3;1,5,7,12,17-20,29H,4,6,8-11,13,25H2,2H3,(H,27,28);1,5,7,12,16-18,21-22H,4,6,8-11H2,2H3;1H/t20?,21?,22?,23-,25-,26-;17?,18?,19?,20-,23-,24-;16?,17?,18?,19-,20-;/m000./s1. The number of aliphatic hydroxyl groups is 3. The molecular weight excluding hydrogens is 1080 g/mol. The van der Waals surface area contributed by atoms with Gasteiger partial charge >= 0.3 is 17.9 Å². The Labute approximate surface area is 502 Å². The van der Waals surface area contributed by atoms with Crippen molar-refractivity contribution in [2.24, 2.45) is 57.5 Å². The molecule has 0 heterocycles. The largest absolute Gasteiger partial charge is 0.508 e. The van der Waals surface area contributed by atoms with Gasteiger partial charge in [0, 0.05) is 16.2 Å². The lowest BCUT2D eigenvalue weighted by molar-refractivity contribution is -0.143. The molecule has 14 heteroatoms. The number of carbonyl (C=O) groups is 4. The fourth-order valence-corrected chi connectivity index (χ4v) is 18.8. The topological polar surface area (TPSA) is 226 Å². The Morgan fingerprint density at radius 1 is 0.583 bits per heavy atom. The number of aryl methyl sites for hydroxylation is 3. The van der Waals surface area contributed by atoms with Gasteiger partial charge in [-0.3, -0.25) is 19.2 Å². The van der Waals surface area contributed by atoms with Gasteiger partial charge in [0.15, 0.2) is 0 Å². The fraction of sp³-hybridized carbons (Fsp3) is 0.600. The summed E-state index contributed by atoms with van der Waals surface area (Å²) >= 11 is 0. The molecule has 6 fully saturated rings. The molecule has 3 aromatic carbocycles. The molecule has 12 rings (SSSR count). The van der Waals surface area contributed by atoms with Gasteiger partial charge in [-0.05, 0) is 253 Å². The quantitative estimate of drug-likeness (QED) is 0.0602. The van der Waals surface area contributed by atoms with Gasteiger partial charge in [-0.1, -0.05) is 56.7 Å². The number of aliphatic carboxylic acids is 1. The highest BCUT2D eigenvalue weighted by Crippen LogP contribution is 2.67. The Kier molecular flexibility index (Phi) is 17.9. The van der Waals surface area contributed by atoms with Crippen molar-refractivity contribution >= 4 is 36.1 Å². The van der Waals surface area contributed by atoms with Crippen molar-refractivity contribution in [2.45, 2.75) is 203 Å². The summed E-state index contributed by atoms with van der Waals surface area (Å²) < 4.78 is 10.9. The number of Topliss-reactive ketones (excluding diaryl/α,β-unsaturated/α-hetero) is 1. The van der Waals surface area contributed by atoms with Crippen LogP contribution < -0.4 is 20.5 Å². The lowest BCUT2D eigenvalue weighted by atomic mass is 9.53. The third-order valence-electron chi connectivity index (χ3n) is 23.7. The molecule has 3 aromatic rings. The van der Waals surface area contributed by atoms with Crippen molar-refractivity contribution in [3.8, 4) is 54.3 Å². The molecule has 0 radical (unpaired) electrons. The first-order valence-corrected chi connectivity index (χ1v) is 30.6. The minimum atomic E-state index is -1.26. The molecule has 0 saturated heterocycles. The van der Waals surface area contributed by atoms with E-state index in [1.807, 2.05) is 36.4 Å². The Morgan fingerprint density at radius 3 is 1.29 bits per heavy atom. The number of hydrogen-bond acceptors (Lipinski definition) is 12. The van der Waals surface area contributed by atoms with Gasteiger partial charge in [0.1, 0.15) is 45.9 Å². The Bertz CT molecular complexity index is 3180. The van der Waals surface area contributed by atoms with E-state index in [0.717, 1.165) is 103 Å². The number of carboxylic acids is 1. The van der Waals surface area contributed by atoms with Gasteiger partial charge in [0.2, 0.25) is 0 Å². The summed E-state index contributed by atoms with van der Waals surface area (Å²) in [6.45, 7) is 8.04. The molecule has 0 bridgehead atoms. The smallest absolute Gasteiger partial charge is 0.321 e. The second-order valence-electron chi connectivity index (χ2n) is 27.1. The lowest BCUT2D eigenvalue weighted by Crippen LogP contribution is -2.50. The van der Waals surface area contributed by atoms with Gasteiger partial charge in [-0.25, -0.2) is 0 Å². The summed E-state index contributed by atoms with van der Waals surface area (Å²) in [6, 6.07) is 15.8. The second kappa shape index (κ2) is 23.9. The highest BCUT2D eigenvalue weighted by atomic mass is 35.5. The van der Waals surface area contributed by atoms with Crippen molar-refractivity contribution < 1.29 is 54.2 Å². The number of carbonyl (C=O) groups excluding carboxylic acids is 3. The first kappa shape index (κ1) is 62.8. The van der Waals surface area contributed by atoms with Crippen molar-refractivity contribution in [1.82, 2.24) is 5.32 Å². The van der Waals surface area contributed by atoms with Crippen molar-refractivity contribution in [3.63, 3.8) is 0 Å². The molecule has 6 saturated carbocycles. The first-order chi connectivity index (χ1) is 39.4. The zero-order valence-corrected chi connectivity index (χ0v) is 50.4. The van der Waals surface area contributed by atoms with E-state index in [0.29, 0.717) is 83.4 Å². The van der Waals surface area contributed by atoms with Gasteiger partial charge in [0.05, 0.1) is 18.9 Å². The SMILES string of the molecule is C#C[C@]1(O)CCC2C3CCc4cc(O)ccc4C3CC[C@@]21C.C#C[C@]1(O)CCC2C3CCc4cc(OC(=O)C[C@H](N)C(=O)O)ccc4C3CC[C@@]21C.C#C[C@]1(O)CCC2C3CCc4cc(OC(=O)C[C@H](NC)C(C)=O)ccc4C3CC[C@@]21C.Cl. The number of carboxylic acid groups (broad SMARTS) is 1. The summed E-state index contributed by atoms with van der Waals surface area (Å²) in [5, 5.41) is 54.4. The summed E-state index contributed by atoms with van der Waals surface area (Å²) in [5.74, 6) is 11.7. The van der Waals surface area contributed by atoms with E-state index >= 15 is 0 Å². The number of ether oxygens (including phenoxy) is 2. The molecule has 9 aliphatic carbocycles. The lowest BCUT2D eigenvalue weighted by Gasteiger charge is -2.52. The maximum Gasteiger partial charge on any atom is 0.321 e. The maximum atomic E-state index is 12.3. The third-order valence-corrected chi connectivity index (χ3v) is 23.7.